The quantitative estimate of drug-likeness (QED) is 0.537. The number of nitrogens with one attached hydrogen (secondary N) is 1. The number of carbonyl (C=O) groups excluding carboxylic acids is 1. The van der Waals surface area contributed by atoms with Gasteiger partial charge in [0.1, 0.15) is 0 Å². The summed E-state index contributed by atoms with van der Waals surface area (Å²) in [6, 6.07) is 11.0. The van der Waals surface area contributed by atoms with Gasteiger partial charge in [0.05, 0.1) is 16.9 Å². The van der Waals surface area contributed by atoms with Crippen LogP contribution < -0.4 is 9.62 Å². The number of benzene rings is 2. The van der Waals surface area contributed by atoms with Crippen LogP contribution in [0.5, 0.6) is 0 Å². The first kappa shape index (κ1) is 21.9. The molecular formula is C21H23ClN4O3S. The highest BCUT2D eigenvalue weighted by molar-refractivity contribution is 7.92. The van der Waals surface area contributed by atoms with Gasteiger partial charge < -0.3 is 9.88 Å². The molecule has 3 rings (SSSR count). The van der Waals surface area contributed by atoms with E-state index in [2.05, 4.69) is 10.3 Å². The van der Waals surface area contributed by atoms with Crippen molar-refractivity contribution >= 4 is 33.2 Å². The van der Waals surface area contributed by atoms with Gasteiger partial charge in [0.15, 0.2) is 0 Å². The van der Waals surface area contributed by atoms with Crippen LogP contribution in [0.3, 0.4) is 0 Å². The smallest absolute Gasteiger partial charge is 0.264 e. The minimum Gasteiger partial charge on any atom is -0.352 e. The Bertz CT molecular complexity index is 1110. The molecule has 0 aliphatic carbocycles. The minimum absolute atomic E-state index is 0.147. The first-order valence-corrected chi connectivity index (χ1v) is 11.2. The lowest BCUT2D eigenvalue weighted by Gasteiger charge is -2.22. The molecule has 2 aromatic carbocycles. The number of nitrogens with zero attached hydrogens (tertiary/aromatic N) is 3. The number of aromatic nitrogens is 2. The molecule has 3 aromatic rings. The van der Waals surface area contributed by atoms with E-state index in [1.165, 1.54) is 35.6 Å². The second-order valence-corrected chi connectivity index (χ2v) is 9.24. The van der Waals surface area contributed by atoms with Gasteiger partial charge in [-0.15, -0.1) is 0 Å². The Morgan fingerprint density at radius 2 is 1.93 bits per heavy atom. The number of sulfonamides is 1. The normalized spacial score (nSPS) is 11.3. The number of halogens is 1. The maximum atomic E-state index is 12.9. The zero-order valence-electron chi connectivity index (χ0n) is 16.7. The van der Waals surface area contributed by atoms with E-state index in [1.54, 1.807) is 37.6 Å². The van der Waals surface area contributed by atoms with E-state index in [0.717, 1.165) is 13.0 Å². The number of aryl methyl sites for hydroxylation is 2. The maximum absolute atomic E-state index is 12.9. The van der Waals surface area contributed by atoms with Crippen molar-refractivity contribution in [2.75, 3.05) is 17.9 Å². The highest BCUT2D eigenvalue weighted by atomic mass is 35.5. The van der Waals surface area contributed by atoms with Gasteiger partial charge in [-0.05, 0) is 61.4 Å². The van der Waals surface area contributed by atoms with Crippen molar-refractivity contribution in [2.45, 2.75) is 24.8 Å². The van der Waals surface area contributed by atoms with Crippen LogP contribution in [-0.2, 0) is 16.6 Å². The summed E-state index contributed by atoms with van der Waals surface area (Å²) in [6.45, 7) is 3.08. The standard InChI is InChI=1S/C21H23ClN4O3S/c1-16-14-17(21(27)24-10-3-12-26-13-11-23-15-26)4-9-20(16)25(2)30(28,29)19-7-5-18(22)6-8-19/h4-9,11,13-15H,3,10,12H2,1-2H3,(H,24,27). The Hall–Kier alpha value is -2.84. The molecule has 0 aliphatic rings. The van der Waals surface area contributed by atoms with Crippen LogP contribution in [-0.4, -0.2) is 37.5 Å². The first-order valence-electron chi connectivity index (χ1n) is 9.38. The number of rotatable bonds is 8. The lowest BCUT2D eigenvalue weighted by Crippen LogP contribution is -2.28. The van der Waals surface area contributed by atoms with Crippen molar-refractivity contribution in [3.05, 3.63) is 77.3 Å². The van der Waals surface area contributed by atoms with Crippen LogP contribution in [0.15, 0.2) is 66.1 Å². The molecule has 1 amide bonds. The van der Waals surface area contributed by atoms with Crippen LogP contribution in [0.25, 0.3) is 0 Å². The van der Waals surface area contributed by atoms with Gasteiger partial charge in [0.2, 0.25) is 0 Å². The summed E-state index contributed by atoms with van der Waals surface area (Å²) in [5, 5.41) is 3.35. The predicted molar refractivity (Wildman–Crippen MR) is 117 cm³/mol. The summed E-state index contributed by atoms with van der Waals surface area (Å²) < 4.78 is 28.9. The van der Waals surface area contributed by atoms with Gasteiger partial charge in [-0.25, -0.2) is 13.4 Å². The van der Waals surface area contributed by atoms with Gasteiger partial charge in [-0.2, -0.15) is 0 Å². The van der Waals surface area contributed by atoms with Crippen molar-refractivity contribution in [3.8, 4) is 0 Å². The number of hydrogen-bond acceptors (Lipinski definition) is 4. The molecule has 1 N–H and O–H groups in total. The largest absolute Gasteiger partial charge is 0.352 e. The second kappa shape index (κ2) is 9.32. The minimum atomic E-state index is -3.74. The Morgan fingerprint density at radius 3 is 2.57 bits per heavy atom. The Kier molecular flexibility index (Phi) is 6.79. The Morgan fingerprint density at radius 1 is 1.20 bits per heavy atom. The molecule has 1 heterocycles. The molecule has 7 nitrogen and oxygen atoms in total. The van der Waals surface area contributed by atoms with Crippen molar-refractivity contribution in [3.63, 3.8) is 0 Å². The number of hydrogen-bond donors (Lipinski definition) is 1. The molecule has 0 spiro atoms. The molecule has 158 valence electrons. The van der Waals surface area contributed by atoms with E-state index in [1.807, 2.05) is 10.8 Å². The predicted octanol–water partition coefficient (Wildman–Crippen LogP) is 3.49. The van der Waals surface area contributed by atoms with E-state index in [-0.39, 0.29) is 10.8 Å². The highest BCUT2D eigenvalue weighted by Gasteiger charge is 2.23. The van der Waals surface area contributed by atoms with Crippen LogP contribution in [0.2, 0.25) is 5.02 Å². The molecule has 0 saturated carbocycles. The molecule has 30 heavy (non-hydrogen) atoms. The molecule has 0 aliphatic heterocycles. The fourth-order valence-electron chi connectivity index (χ4n) is 3.03. The van der Waals surface area contributed by atoms with Gasteiger partial charge in [-0.1, -0.05) is 11.6 Å². The summed E-state index contributed by atoms with van der Waals surface area (Å²) >= 11 is 5.85. The van der Waals surface area contributed by atoms with Crippen LogP contribution >= 0.6 is 11.6 Å². The zero-order valence-corrected chi connectivity index (χ0v) is 18.3. The molecule has 9 heteroatoms. The number of imidazole rings is 1. The van der Waals surface area contributed by atoms with Crippen LogP contribution in [0.1, 0.15) is 22.3 Å². The Labute approximate surface area is 181 Å². The van der Waals surface area contributed by atoms with Crippen molar-refractivity contribution < 1.29 is 13.2 Å². The van der Waals surface area contributed by atoms with Gasteiger partial charge in [0.25, 0.3) is 15.9 Å². The van der Waals surface area contributed by atoms with Gasteiger partial charge in [-0.3, -0.25) is 9.10 Å². The fourth-order valence-corrected chi connectivity index (χ4v) is 4.41. The van der Waals surface area contributed by atoms with Crippen LogP contribution in [0, 0.1) is 6.92 Å². The molecule has 0 fully saturated rings. The zero-order chi connectivity index (χ0) is 21.7. The average Bonchev–Trinajstić information content (AvgIpc) is 3.24. The van der Waals surface area contributed by atoms with Gasteiger partial charge >= 0.3 is 0 Å². The molecule has 1 aromatic heterocycles. The third-order valence-electron chi connectivity index (χ3n) is 4.71. The lowest BCUT2D eigenvalue weighted by molar-refractivity contribution is 0.0952. The monoisotopic (exact) mass is 446 g/mol. The molecule has 0 unspecified atom stereocenters. The molecule has 0 bridgehead atoms. The van der Waals surface area contributed by atoms with E-state index in [9.17, 15) is 13.2 Å². The fraction of sp³-hybridized carbons (Fsp3) is 0.238. The van der Waals surface area contributed by atoms with Crippen LogP contribution in [0.4, 0.5) is 5.69 Å². The first-order chi connectivity index (χ1) is 14.3. The second-order valence-electron chi connectivity index (χ2n) is 6.84. The molecule has 0 atom stereocenters. The van der Waals surface area contributed by atoms with E-state index in [0.29, 0.717) is 28.4 Å². The highest BCUT2D eigenvalue weighted by Crippen LogP contribution is 2.26. The topological polar surface area (TPSA) is 84.3 Å². The summed E-state index contributed by atoms with van der Waals surface area (Å²) in [7, 11) is -2.25. The third kappa shape index (κ3) is 5.01. The molecule has 0 saturated heterocycles. The number of carbonyl (C=O) groups is 1. The SMILES string of the molecule is Cc1cc(C(=O)NCCCn2ccnc2)ccc1N(C)S(=O)(=O)c1ccc(Cl)cc1. The Balaban J connectivity index is 1.66. The summed E-state index contributed by atoms with van der Waals surface area (Å²) in [5.74, 6) is -0.196. The number of amides is 1. The van der Waals surface area contributed by atoms with E-state index < -0.39 is 10.0 Å². The maximum Gasteiger partial charge on any atom is 0.264 e. The summed E-state index contributed by atoms with van der Waals surface area (Å²) in [6.07, 6.45) is 6.10. The molecular weight excluding hydrogens is 424 g/mol. The average molecular weight is 447 g/mol. The van der Waals surface area contributed by atoms with Crippen molar-refractivity contribution in [1.29, 1.82) is 0 Å². The van der Waals surface area contributed by atoms with Crippen molar-refractivity contribution in [2.24, 2.45) is 0 Å². The third-order valence-corrected chi connectivity index (χ3v) is 6.75. The van der Waals surface area contributed by atoms with Gasteiger partial charge in [0, 0.05) is 43.1 Å². The lowest BCUT2D eigenvalue weighted by atomic mass is 10.1. The van der Waals surface area contributed by atoms with Crippen molar-refractivity contribution in [1.82, 2.24) is 14.9 Å². The summed E-state index contributed by atoms with van der Waals surface area (Å²) in [4.78, 5) is 16.5. The van der Waals surface area contributed by atoms with E-state index >= 15 is 0 Å². The summed E-state index contributed by atoms with van der Waals surface area (Å²) in [5.41, 5.74) is 1.67. The molecule has 0 radical (unpaired) electrons. The number of anilines is 1. The van der Waals surface area contributed by atoms with E-state index in [4.69, 9.17) is 11.6 Å².